The number of aromatic carboxylic acids is 2. The lowest BCUT2D eigenvalue weighted by atomic mass is 10.0. The number of hydrogen-bond donors (Lipinski definition) is 4. The van der Waals surface area contributed by atoms with Crippen molar-refractivity contribution in [3.8, 4) is 0 Å². The summed E-state index contributed by atoms with van der Waals surface area (Å²) in [5.74, 6) is -3.59. The van der Waals surface area contributed by atoms with Crippen LogP contribution in [0.5, 0.6) is 0 Å². The number of anilines is 2. The number of rotatable bonds is 8. The van der Waals surface area contributed by atoms with Crippen LogP contribution in [0, 0.1) is 6.92 Å². The van der Waals surface area contributed by atoms with E-state index in [9.17, 15) is 24.3 Å². The number of nitrogens with one attached hydrogen (secondary N) is 2. The summed E-state index contributed by atoms with van der Waals surface area (Å²) in [7, 11) is 0. The van der Waals surface area contributed by atoms with E-state index in [1.165, 1.54) is 17.8 Å². The summed E-state index contributed by atoms with van der Waals surface area (Å²) in [5.41, 5.74) is 1.11. The van der Waals surface area contributed by atoms with E-state index in [0.717, 1.165) is 22.6 Å². The van der Waals surface area contributed by atoms with E-state index in [4.69, 9.17) is 16.7 Å². The second kappa shape index (κ2) is 11.1. The average molecular weight is 513 g/mol. The molecule has 3 aromatic rings. The number of aryl methyl sites for hydroxylation is 1. The quantitative estimate of drug-likeness (QED) is 0.296. The molecule has 180 valence electrons. The normalized spacial score (nSPS) is 11.4. The third-order valence-electron chi connectivity index (χ3n) is 4.98. The molecule has 0 saturated heterocycles. The van der Waals surface area contributed by atoms with Gasteiger partial charge in [-0.2, -0.15) is 0 Å². The predicted molar refractivity (Wildman–Crippen MR) is 135 cm³/mol. The Bertz CT molecular complexity index is 1310. The zero-order valence-corrected chi connectivity index (χ0v) is 20.2. The van der Waals surface area contributed by atoms with Crippen molar-refractivity contribution in [1.29, 1.82) is 0 Å². The Labute approximate surface area is 210 Å². The Balaban J connectivity index is 1.64. The number of amides is 2. The number of carboxylic acids is 2. The van der Waals surface area contributed by atoms with E-state index in [-0.39, 0.29) is 17.0 Å². The highest BCUT2D eigenvalue weighted by atomic mass is 35.5. The van der Waals surface area contributed by atoms with Crippen LogP contribution < -0.4 is 10.6 Å². The van der Waals surface area contributed by atoms with Gasteiger partial charge in [-0.25, -0.2) is 9.59 Å². The molecule has 3 aromatic carbocycles. The number of benzene rings is 3. The molecule has 0 aromatic heterocycles. The minimum Gasteiger partial charge on any atom is -0.478 e. The van der Waals surface area contributed by atoms with Gasteiger partial charge in [0.15, 0.2) is 0 Å². The smallest absolute Gasteiger partial charge is 0.336 e. The molecule has 10 heteroatoms. The van der Waals surface area contributed by atoms with Gasteiger partial charge in [-0.05, 0) is 74.0 Å². The summed E-state index contributed by atoms with van der Waals surface area (Å²) in [6.07, 6.45) is 0. The first-order valence-electron chi connectivity index (χ1n) is 10.3. The van der Waals surface area contributed by atoms with Crippen molar-refractivity contribution < 1.29 is 29.4 Å². The Morgan fingerprint density at radius 2 is 1.49 bits per heavy atom. The van der Waals surface area contributed by atoms with Crippen molar-refractivity contribution in [2.24, 2.45) is 0 Å². The van der Waals surface area contributed by atoms with Gasteiger partial charge in [0.05, 0.1) is 21.9 Å². The molecule has 0 aliphatic heterocycles. The summed E-state index contributed by atoms with van der Waals surface area (Å²) < 4.78 is 0. The summed E-state index contributed by atoms with van der Waals surface area (Å²) in [6, 6.07) is 15.2. The molecule has 3 rings (SSSR count). The largest absolute Gasteiger partial charge is 0.478 e. The van der Waals surface area contributed by atoms with Gasteiger partial charge >= 0.3 is 11.9 Å². The summed E-state index contributed by atoms with van der Waals surface area (Å²) in [6.45, 7) is 3.64. The predicted octanol–water partition coefficient (Wildman–Crippen LogP) is 5.42. The summed E-state index contributed by atoms with van der Waals surface area (Å²) >= 11 is 7.42. The van der Waals surface area contributed by atoms with Crippen molar-refractivity contribution in [3.05, 3.63) is 87.9 Å². The van der Waals surface area contributed by atoms with Gasteiger partial charge in [0.2, 0.25) is 5.91 Å². The van der Waals surface area contributed by atoms with Crippen LogP contribution in [-0.4, -0.2) is 39.2 Å². The highest BCUT2D eigenvalue weighted by Crippen LogP contribution is 2.27. The van der Waals surface area contributed by atoms with Crippen molar-refractivity contribution in [2.45, 2.75) is 24.0 Å². The van der Waals surface area contributed by atoms with Gasteiger partial charge in [-0.1, -0.05) is 17.7 Å². The Morgan fingerprint density at radius 3 is 2.09 bits per heavy atom. The molecule has 0 aliphatic rings. The molecular weight excluding hydrogens is 492 g/mol. The van der Waals surface area contributed by atoms with Gasteiger partial charge < -0.3 is 20.8 Å². The molecule has 0 heterocycles. The zero-order chi connectivity index (χ0) is 25.7. The van der Waals surface area contributed by atoms with Crippen molar-refractivity contribution in [1.82, 2.24) is 0 Å². The third-order valence-corrected chi connectivity index (χ3v) is 6.49. The number of carbonyl (C=O) groups is 4. The van der Waals surface area contributed by atoms with Gasteiger partial charge in [0.25, 0.3) is 5.91 Å². The highest BCUT2D eigenvalue weighted by Gasteiger charge is 2.20. The lowest BCUT2D eigenvalue weighted by Gasteiger charge is -2.13. The Hall–Kier alpha value is -3.82. The molecule has 2 amide bonds. The molecule has 1 unspecified atom stereocenters. The van der Waals surface area contributed by atoms with E-state index in [1.54, 1.807) is 43.3 Å². The molecule has 0 fully saturated rings. The van der Waals surface area contributed by atoms with Gasteiger partial charge in [-0.3, -0.25) is 9.59 Å². The molecular formula is C25H21ClN2O6S. The van der Waals surface area contributed by atoms with Crippen LogP contribution in [-0.2, 0) is 4.79 Å². The number of carbonyl (C=O) groups excluding carboxylic acids is 2. The number of hydrogen-bond acceptors (Lipinski definition) is 5. The number of carboxylic acid groups (broad SMARTS) is 2. The van der Waals surface area contributed by atoms with Crippen LogP contribution in [0.1, 0.15) is 43.6 Å². The van der Waals surface area contributed by atoms with E-state index in [2.05, 4.69) is 10.6 Å². The molecule has 0 aliphatic carbocycles. The fraction of sp³-hybridized carbons (Fsp3) is 0.120. The minimum atomic E-state index is -1.41. The van der Waals surface area contributed by atoms with Gasteiger partial charge in [0, 0.05) is 21.3 Å². The van der Waals surface area contributed by atoms with Gasteiger partial charge in [-0.15, -0.1) is 11.8 Å². The number of halogens is 1. The van der Waals surface area contributed by atoms with Crippen molar-refractivity contribution in [3.63, 3.8) is 0 Å². The van der Waals surface area contributed by atoms with Gasteiger partial charge in [0.1, 0.15) is 0 Å². The molecule has 0 bridgehead atoms. The zero-order valence-electron chi connectivity index (χ0n) is 18.7. The van der Waals surface area contributed by atoms with E-state index in [0.29, 0.717) is 16.4 Å². The van der Waals surface area contributed by atoms with E-state index >= 15 is 0 Å². The Kier molecular flexibility index (Phi) is 8.16. The first kappa shape index (κ1) is 25.8. The van der Waals surface area contributed by atoms with Crippen LogP contribution in [0.15, 0.2) is 65.6 Å². The summed E-state index contributed by atoms with van der Waals surface area (Å²) in [4.78, 5) is 48.5. The minimum absolute atomic E-state index is 0.164. The Morgan fingerprint density at radius 1 is 0.829 bits per heavy atom. The monoisotopic (exact) mass is 512 g/mol. The van der Waals surface area contributed by atoms with Crippen LogP contribution in [0.3, 0.4) is 0 Å². The standard InChI is InChI=1S/C25H21ClN2O6S/c1-13-3-5-17(12-21(13)26)28-22(29)14(2)35-18-8-6-16(7-9-18)27-23(30)19-10-4-15(24(31)32)11-20(19)25(33)34/h3-12,14H,1-2H3,(H,27,30)(H,28,29)(H,31,32)(H,33,34). The van der Waals surface area contributed by atoms with Crippen molar-refractivity contribution >= 4 is 58.5 Å². The maximum absolute atomic E-state index is 12.6. The fourth-order valence-electron chi connectivity index (χ4n) is 3.04. The fourth-order valence-corrected chi connectivity index (χ4v) is 4.09. The van der Waals surface area contributed by atoms with Crippen LogP contribution in [0.25, 0.3) is 0 Å². The highest BCUT2D eigenvalue weighted by molar-refractivity contribution is 8.00. The molecule has 0 saturated carbocycles. The lowest BCUT2D eigenvalue weighted by molar-refractivity contribution is -0.115. The van der Waals surface area contributed by atoms with Crippen LogP contribution >= 0.6 is 23.4 Å². The number of thioether (sulfide) groups is 1. The third kappa shape index (κ3) is 6.62. The van der Waals surface area contributed by atoms with E-state index < -0.39 is 28.7 Å². The van der Waals surface area contributed by atoms with E-state index in [1.807, 2.05) is 13.0 Å². The first-order valence-corrected chi connectivity index (χ1v) is 11.6. The first-order chi connectivity index (χ1) is 16.5. The van der Waals surface area contributed by atoms with Crippen LogP contribution in [0.4, 0.5) is 11.4 Å². The maximum atomic E-state index is 12.6. The molecule has 0 spiro atoms. The second-order valence-electron chi connectivity index (χ2n) is 7.56. The lowest BCUT2D eigenvalue weighted by Crippen LogP contribution is -2.22. The molecule has 1 atom stereocenters. The second-order valence-corrected chi connectivity index (χ2v) is 9.38. The summed E-state index contributed by atoms with van der Waals surface area (Å²) in [5, 5.41) is 24.0. The maximum Gasteiger partial charge on any atom is 0.336 e. The van der Waals surface area contributed by atoms with Crippen molar-refractivity contribution in [2.75, 3.05) is 10.6 Å². The average Bonchev–Trinajstić information content (AvgIpc) is 2.82. The molecule has 0 radical (unpaired) electrons. The molecule has 4 N–H and O–H groups in total. The van der Waals surface area contributed by atoms with Crippen LogP contribution in [0.2, 0.25) is 5.02 Å². The molecule has 8 nitrogen and oxygen atoms in total. The molecule has 35 heavy (non-hydrogen) atoms. The SMILES string of the molecule is Cc1ccc(NC(=O)C(C)Sc2ccc(NC(=O)c3ccc(C(=O)O)cc3C(=O)O)cc2)cc1Cl. The topological polar surface area (TPSA) is 133 Å².